The third-order valence-corrected chi connectivity index (χ3v) is 4.90. The van der Waals surface area contributed by atoms with Crippen LogP contribution in [0.2, 0.25) is 0 Å². The van der Waals surface area contributed by atoms with Crippen LogP contribution in [0.25, 0.3) is 0 Å². The van der Waals surface area contributed by atoms with E-state index in [1.807, 2.05) is 55.5 Å². The molecule has 3 rings (SSSR count). The highest BCUT2D eigenvalue weighted by molar-refractivity contribution is 6.06. The number of amides is 1. The number of benzene rings is 2. The first-order chi connectivity index (χ1) is 14.2. The molecule has 0 aliphatic carbocycles. The van der Waals surface area contributed by atoms with Crippen molar-refractivity contribution in [3.63, 3.8) is 0 Å². The summed E-state index contributed by atoms with van der Waals surface area (Å²) in [6.07, 6.45) is 3.34. The lowest BCUT2D eigenvalue weighted by molar-refractivity contribution is 0.0988. The van der Waals surface area contributed by atoms with Gasteiger partial charge in [0.1, 0.15) is 0 Å². The van der Waals surface area contributed by atoms with Gasteiger partial charge in [-0.3, -0.25) is 9.78 Å². The van der Waals surface area contributed by atoms with Gasteiger partial charge in [-0.05, 0) is 63.2 Å². The minimum Gasteiger partial charge on any atom is -0.372 e. The molecule has 0 radical (unpaired) electrons. The standard InChI is InChI=1S/C24H28N4O/c1-4-27(5-2)22-14-12-20(13-15-22)26-21-16-19(17-25-18-21)24(29)28(6-3)23-10-8-7-9-11-23/h7-18,26H,4-6H2,1-3H3. The summed E-state index contributed by atoms with van der Waals surface area (Å²) in [4.78, 5) is 21.3. The van der Waals surface area contributed by atoms with Crippen molar-refractivity contribution in [3.05, 3.63) is 78.6 Å². The van der Waals surface area contributed by atoms with Gasteiger partial charge in [0.25, 0.3) is 5.91 Å². The minimum absolute atomic E-state index is 0.0632. The summed E-state index contributed by atoms with van der Waals surface area (Å²) in [5, 5.41) is 3.35. The van der Waals surface area contributed by atoms with E-state index >= 15 is 0 Å². The number of rotatable bonds is 8. The summed E-state index contributed by atoms with van der Waals surface area (Å²) in [5.41, 5.74) is 4.38. The first-order valence-corrected chi connectivity index (χ1v) is 10.1. The molecule has 1 heterocycles. The van der Waals surface area contributed by atoms with Crippen LogP contribution in [0.3, 0.4) is 0 Å². The van der Waals surface area contributed by atoms with E-state index in [9.17, 15) is 4.79 Å². The highest BCUT2D eigenvalue weighted by atomic mass is 16.2. The Bertz CT molecular complexity index is 921. The largest absolute Gasteiger partial charge is 0.372 e. The lowest BCUT2D eigenvalue weighted by atomic mass is 10.2. The Morgan fingerprint density at radius 1 is 0.828 bits per heavy atom. The summed E-state index contributed by atoms with van der Waals surface area (Å²) >= 11 is 0. The van der Waals surface area contributed by atoms with Crippen molar-refractivity contribution < 1.29 is 4.79 Å². The molecule has 0 bridgehead atoms. The Kier molecular flexibility index (Phi) is 6.85. The van der Waals surface area contributed by atoms with Gasteiger partial charge < -0.3 is 15.1 Å². The van der Waals surface area contributed by atoms with Gasteiger partial charge in [-0.25, -0.2) is 0 Å². The number of anilines is 4. The Morgan fingerprint density at radius 3 is 2.14 bits per heavy atom. The predicted molar refractivity (Wildman–Crippen MR) is 121 cm³/mol. The van der Waals surface area contributed by atoms with Crippen molar-refractivity contribution in [1.82, 2.24) is 4.98 Å². The van der Waals surface area contributed by atoms with E-state index in [0.29, 0.717) is 12.1 Å². The molecular formula is C24H28N4O. The summed E-state index contributed by atoms with van der Waals surface area (Å²) in [5.74, 6) is -0.0632. The van der Waals surface area contributed by atoms with Gasteiger partial charge in [0.15, 0.2) is 0 Å². The van der Waals surface area contributed by atoms with Crippen molar-refractivity contribution in [2.45, 2.75) is 20.8 Å². The van der Waals surface area contributed by atoms with Gasteiger partial charge >= 0.3 is 0 Å². The fraction of sp³-hybridized carbons (Fsp3) is 0.250. The van der Waals surface area contributed by atoms with Crippen LogP contribution in [0.5, 0.6) is 0 Å². The number of hydrogen-bond donors (Lipinski definition) is 1. The van der Waals surface area contributed by atoms with E-state index < -0.39 is 0 Å². The van der Waals surface area contributed by atoms with Crippen molar-refractivity contribution >= 4 is 28.7 Å². The van der Waals surface area contributed by atoms with Crippen LogP contribution >= 0.6 is 0 Å². The number of carbonyl (C=O) groups is 1. The fourth-order valence-corrected chi connectivity index (χ4v) is 3.34. The summed E-state index contributed by atoms with van der Waals surface area (Å²) < 4.78 is 0. The average Bonchev–Trinajstić information content (AvgIpc) is 2.77. The summed E-state index contributed by atoms with van der Waals surface area (Å²) in [7, 11) is 0. The number of hydrogen-bond acceptors (Lipinski definition) is 4. The first kappa shape index (κ1) is 20.4. The Morgan fingerprint density at radius 2 is 1.52 bits per heavy atom. The molecule has 0 aliphatic heterocycles. The molecule has 0 aliphatic rings. The maximum atomic E-state index is 13.0. The van der Waals surface area contributed by atoms with Gasteiger partial charge in [-0.2, -0.15) is 0 Å². The molecule has 1 N–H and O–H groups in total. The molecule has 5 nitrogen and oxygen atoms in total. The summed E-state index contributed by atoms with van der Waals surface area (Å²) in [6, 6.07) is 19.8. The van der Waals surface area contributed by atoms with Crippen LogP contribution in [0.15, 0.2) is 73.1 Å². The Labute approximate surface area is 173 Å². The zero-order valence-corrected chi connectivity index (χ0v) is 17.3. The third kappa shape index (κ3) is 4.93. The number of pyridine rings is 1. The molecule has 0 spiro atoms. The second-order valence-electron chi connectivity index (χ2n) is 6.69. The third-order valence-electron chi connectivity index (χ3n) is 4.90. The highest BCUT2D eigenvalue weighted by Gasteiger charge is 2.16. The molecule has 3 aromatic rings. The molecule has 0 saturated heterocycles. The van der Waals surface area contributed by atoms with Crippen molar-refractivity contribution in [3.8, 4) is 0 Å². The fourth-order valence-electron chi connectivity index (χ4n) is 3.34. The second-order valence-corrected chi connectivity index (χ2v) is 6.69. The zero-order chi connectivity index (χ0) is 20.6. The Hall–Kier alpha value is -3.34. The molecule has 0 saturated carbocycles. The molecule has 0 unspecified atom stereocenters. The molecule has 150 valence electrons. The van der Waals surface area contributed by atoms with E-state index in [1.165, 1.54) is 5.69 Å². The number of nitrogens with zero attached hydrogens (tertiary/aromatic N) is 3. The zero-order valence-electron chi connectivity index (χ0n) is 17.3. The predicted octanol–water partition coefficient (Wildman–Crippen LogP) is 5.34. The first-order valence-electron chi connectivity index (χ1n) is 10.1. The van der Waals surface area contributed by atoms with Gasteiger partial charge in [0.05, 0.1) is 17.4 Å². The van der Waals surface area contributed by atoms with Crippen LogP contribution in [-0.2, 0) is 0 Å². The lowest BCUT2D eigenvalue weighted by Gasteiger charge is -2.22. The van der Waals surface area contributed by atoms with Crippen molar-refractivity contribution in [1.29, 1.82) is 0 Å². The number of aromatic nitrogens is 1. The molecule has 5 heteroatoms. The maximum Gasteiger partial charge on any atom is 0.259 e. The molecule has 2 aromatic carbocycles. The molecule has 0 atom stereocenters. The van der Waals surface area contributed by atoms with Crippen LogP contribution in [0.4, 0.5) is 22.7 Å². The van der Waals surface area contributed by atoms with Gasteiger partial charge in [0.2, 0.25) is 0 Å². The molecular weight excluding hydrogens is 360 g/mol. The van der Waals surface area contributed by atoms with Crippen LogP contribution in [0, 0.1) is 0 Å². The van der Waals surface area contributed by atoms with Crippen LogP contribution < -0.4 is 15.1 Å². The van der Waals surface area contributed by atoms with E-state index in [4.69, 9.17) is 0 Å². The van der Waals surface area contributed by atoms with Crippen LogP contribution in [-0.4, -0.2) is 30.5 Å². The normalized spacial score (nSPS) is 10.4. The number of carbonyl (C=O) groups excluding carboxylic acids is 1. The average molecular weight is 389 g/mol. The second kappa shape index (κ2) is 9.73. The molecule has 29 heavy (non-hydrogen) atoms. The molecule has 1 amide bonds. The molecule has 0 fully saturated rings. The van der Waals surface area contributed by atoms with E-state index in [0.717, 1.165) is 30.2 Å². The van der Waals surface area contributed by atoms with E-state index in [2.05, 4.69) is 41.2 Å². The SMILES string of the molecule is CCN(CC)c1ccc(Nc2cncc(C(=O)N(CC)c3ccccc3)c2)cc1. The smallest absolute Gasteiger partial charge is 0.259 e. The van der Waals surface area contributed by atoms with E-state index in [1.54, 1.807) is 17.3 Å². The highest BCUT2D eigenvalue weighted by Crippen LogP contribution is 2.22. The number of nitrogens with one attached hydrogen (secondary N) is 1. The monoisotopic (exact) mass is 388 g/mol. The maximum absolute atomic E-state index is 13.0. The van der Waals surface area contributed by atoms with Crippen LogP contribution in [0.1, 0.15) is 31.1 Å². The van der Waals surface area contributed by atoms with Crippen molar-refractivity contribution in [2.75, 3.05) is 34.8 Å². The summed E-state index contributed by atoms with van der Waals surface area (Å²) in [6.45, 7) is 8.82. The van der Waals surface area contributed by atoms with Crippen molar-refractivity contribution in [2.24, 2.45) is 0 Å². The van der Waals surface area contributed by atoms with Gasteiger partial charge in [-0.15, -0.1) is 0 Å². The Balaban J connectivity index is 1.76. The van der Waals surface area contributed by atoms with E-state index in [-0.39, 0.29) is 5.91 Å². The topological polar surface area (TPSA) is 48.5 Å². The minimum atomic E-state index is -0.0632. The van der Waals surface area contributed by atoms with Gasteiger partial charge in [-0.1, -0.05) is 18.2 Å². The lowest BCUT2D eigenvalue weighted by Crippen LogP contribution is -2.30. The van der Waals surface area contributed by atoms with Gasteiger partial charge in [0, 0.05) is 42.9 Å². The molecule has 1 aromatic heterocycles. The number of para-hydroxylation sites is 1. The quantitative estimate of drug-likeness (QED) is 0.566.